The van der Waals surface area contributed by atoms with Gasteiger partial charge >= 0.3 is 17.9 Å². The van der Waals surface area contributed by atoms with E-state index in [1.165, 1.54) is 154 Å². The quantitative estimate of drug-likeness (QED) is 0.0261. The van der Waals surface area contributed by atoms with Crippen molar-refractivity contribution < 1.29 is 28.6 Å². The van der Waals surface area contributed by atoms with Gasteiger partial charge in [-0.05, 0) is 103 Å². The smallest absolute Gasteiger partial charge is 0.310 e. The molecule has 0 aromatic rings. The molecule has 0 amide bonds. The van der Waals surface area contributed by atoms with Crippen molar-refractivity contribution in [1.82, 2.24) is 0 Å². The predicted octanol–water partition coefficient (Wildman–Crippen LogP) is 22.2. The Morgan fingerprint density at radius 2 is 0.545 bits per heavy atom. The van der Waals surface area contributed by atoms with Crippen LogP contribution in [0.15, 0.2) is 109 Å². The molecule has 0 aromatic carbocycles. The molecule has 0 aliphatic heterocycles. The lowest BCUT2D eigenvalue weighted by atomic mass is 10.0. The highest BCUT2D eigenvalue weighted by Crippen LogP contribution is 2.16. The van der Waals surface area contributed by atoms with Crippen molar-refractivity contribution in [3.05, 3.63) is 109 Å². The van der Waals surface area contributed by atoms with Crippen molar-refractivity contribution >= 4 is 17.9 Å². The maximum atomic E-state index is 12.8. The number of hydrogen-bond donors (Lipinski definition) is 0. The highest BCUT2D eigenvalue weighted by Gasteiger charge is 2.19. The fraction of sp³-hybridized carbons (Fsp3) is 0.704. The van der Waals surface area contributed by atoms with Crippen molar-refractivity contribution in [3.63, 3.8) is 0 Å². The molecule has 1 atom stereocenters. The molecule has 0 saturated carbocycles. The first kappa shape index (κ1) is 73.1. The normalized spacial score (nSPS) is 12.8. The first-order chi connectivity index (χ1) is 38.0. The summed E-state index contributed by atoms with van der Waals surface area (Å²) in [4.78, 5) is 38.2. The third-order valence-electron chi connectivity index (χ3n) is 13.8. The zero-order chi connectivity index (χ0) is 55.7. The molecule has 0 aliphatic carbocycles. The Balaban J connectivity index is 4.29. The molecule has 440 valence electrons. The van der Waals surface area contributed by atoms with Crippen LogP contribution in [-0.4, -0.2) is 37.2 Å². The van der Waals surface area contributed by atoms with E-state index in [4.69, 9.17) is 14.2 Å². The minimum atomic E-state index is -0.841. The van der Waals surface area contributed by atoms with Crippen LogP contribution in [0.3, 0.4) is 0 Å². The average Bonchev–Trinajstić information content (AvgIpc) is 3.43. The van der Waals surface area contributed by atoms with E-state index in [-0.39, 0.29) is 31.6 Å². The van der Waals surface area contributed by atoms with Gasteiger partial charge in [0.1, 0.15) is 13.2 Å². The standard InChI is InChI=1S/C71H120O6/c1-4-7-10-13-16-19-22-25-28-29-30-31-32-33-34-35-36-37-38-39-40-41-44-46-49-52-55-58-61-64-70(73)76-67-68(77-71(74)65-62-59-56-53-50-47-43-27-24-21-18-15-12-9-6-3)66-75-69(72)63-60-57-54-51-48-45-42-26-23-20-17-14-11-8-5-2/h8-9,11-12,17-18,20-21,26-27,29-30,42-43,50,53,59,62,68H,4-7,10,13-16,19,22-25,28,31-41,44-49,51-52,54-58,60-61,63-67H2,1-3H3/b11-8-,12-9-,20-17-,21-18-,30-29-,42-26-,43-27-,53-50-,62-59-. The van der Waals surface area contributed by atoms with Crippen LogP contribution in [-0.2, 0) is 28.6 Å². The van der Waals surface area contributed by atoms with Crippen molar-refractivity contribution in [3.8, 4) is 0 Å². The summed E-state index contributed by atoms with van der Waals surface area (Å²) in [6, 6.07) is 0. The fourth-order valence-electron chi connectivity index (χ4n) is 9.00. The first-order valence-corrected chi connectivity index (χ1v) is 32.4. The second kappa shape index (κ2) is 64.6. The SMILES string of the molecule is CC/C=C\C/C=C\C/C=C\C/C=C\C/C=C\CC(=O)OC(COC(=O)CCCCCCC/C=C\C/C=C\C/C=C\CC)COC(=O)CCCCCCCCCCCCCCCCCCC/C=C\CCCCCCCCCC. The number of carbonyl (C=O) groups excluding carboxylic acids is 3. The van der Waals surface area contributed by atoms with Crippen LogP contribution in [0, 0.1) is 0 Å². The highest BCUT2D eigenvalue weighted by atomic mass is 16.6. The number of esters is 3. The van der Waals surface area contributed by atoms with Crippen LogP contribution in [0.25, 0.3) is 0 Å². The summed E-state index contributed by atoms with van der Waals surface area (Å²) in [5.74, 6) is -1.06. The molecule has 0 aliphatic rings. The van der Waals surface area contributed by atoms with Crippen LogP contribution in [0.4, 0.5) is 0 Å². The van der Waals surface area contributed by atoms with Gasteiger partial charge in [0, 0.05) is 12.8 Å². The number of carbonyl (C=O) groups is 3. The lowest BCUT2D eigenvalue weighted by Gasteiger charge is -2.18. The minimum absolute atomic E-state index is 0.0913. The molecule has 1 unspecified atom stereocenters. The zero-order valence-corrected chi connectivity index (χ0v) is 50.4. The highest BCUT2D eigenvalue weighted by molar-refractivity contribution is 5.72. The fourth-order valence-corrected chi connectivity index (χ4v) is 9.00. The topological polar surface area (TPSA) is 78.9 Å². The van der Waals surface area contributed by atoms with E-state index in [2.05, 4.69) is 118 Å². The Morgan fingerprint density at radius 3 is 0.870 bits per heavy atom. The van der Waals surface area contributed by atoms with E-state index in [9.17, 15) is 14.4 Å². The van der Waals surface area contributed by atoms with Gasteiger partial charge in [-0.2, -0.15) is 0 Å². The predicted molar refractivity (Wildman–Crippen MR) is 334 cm³/mol. The second-order valence-electron chi connectivity index (χ2n) is 21.3. The molecule has 0 radical (unpaired) electrons. The largest absolute Gasteiger partial charge is 0.462 e. The summed E-state index contributed by atoms with van der Waals surface area (Å²) < 4.78 is 16.8. The van der Waals surface area contributed by atoms with Gasteiger partial charge in [0.2, 0.25) is 0 Å². The van der Waals surface area contributed by atoms with Gasteiger partial charge < -0.3 is 14.2 Å². The van der Waals surface area contributed by atoms with Gasteiger partial charge in [-0.15, -0.1) is 0 Å². The lowest BCUT2D eigenvalue weighted by molar-refractivity contribution is -0.166. The maximum Gasteiger partial charge on any atom is 0.310 e. The molecule has 6 nitrogen and oxygen atoms in total. The number of rotatable bonds is 58. The summed E-state index contributed by atoms with van der Waals surface area (Å²) in [5, 5.41) is 0. The molecular formula is C71H120O6. The molecule has 77 heavy (non-hydrogen) atoms. The van der Waals surface area contributed by atoms with E-state index < -0.39 is 12.1 Å². The third kappa shape index (κ3) is 62.8. The first-order valence-electron chi connectivity index (χ1n) is 32.4. The van der Waals surface area contributed by atoms with Crippen molar-refractivity contribution in [2.24, 2.45) is 0 Å². The second-order valence-corrected chi connectivity index (χ2v) is 21.3. The van der Waals surface area contributed by atoms with E-state index in [1.54, 1.807) is 6.08 Å². The minimum Gasteiger partial charge on any atom is -0.462 e. The molecule has 0 rings (SSSR count). The Labute approximate surface area is 476 Å². The van der Waals surface area contributed by atoms with Gasteiger partial charge in [0.15, 0.2) is 6.10 Å². The Hall–Kier alpha value is -3.93. The van der Waals surface area contributed by atoms with Crippen LogP contribution in [0.2, 0.25) is 0 Å². The summed E-state index contributed by atoms with van der Waals surface area (Å²) >= 11 is 0. The van der Waals surface area contributed by atoms with Crippen LogP contribution >= 0.6 is 0 Å². The van der Waals surface area contributed by atoms with Crippen LogP contribution in [0.1, 0.15) is 303 Å². The van der Waals surface area contributed by atoms with Gasteiger partial charge in [-0.25, -0.2) is 0 Å². The summed E-state index contributed by atoms with van der Waals surface area (Å²) in [6.07, 6.45) is 88.6. The van der Waals surface area contributed by atoms with Crippen molar-refractivity contribution in [1.29, 1.82) is 0 Å². The van der Waals surface area contributed by atoms with Crippen LogP contribution in [0.5, 0.6) is 0 Å². The number of ether oxygens (including phenoxy) is 3. The van der Waals surface area contributed by atoms with Gasteiger partial charge in [0.25, 0.3) is 0 Å². The van der Waals surface area contributed by atoms with Gasteiger partial charge in [-0.1, -0.05) is 291 Å². The number of unbranched alkanes of at least 4 members (excludes halogenated alkanes) is 30. The van der Waals surface area contributed by atoms with Crippen molar-refractivity contribution in [2.45, 2.75) is 309 Å². The molecule has 0 aromatic heterocycles. The summed E-state index contributed by atoms with van der Waals surface area (Å²) in [5.41, 5.74) is 0. The third-order valence-corrected chi connectivity index (χ3v) is 13.8. The number of hydrogen-bond acceptors (Lipinski definition) is 6. The Bertz CT molecular complexity index is 1560. The van der Waals surface area contributed by atoms with E-state index in [0.717, 1.165) is 103 Å². The van der Waals surface area contributed by atoms with Gasteiger partial charge in [0.05, 0.1) is 6.42 Å². The molecule has 0 N–H and O–H groups in total. The Morgan fingerprint density at radius 1 is 0.286 bits per heavy atom. The van der Waals surface area contributed by atoms with Crippen LogP contribution < -0.4 is 0 Å². The van der Waals surface area contributed by atoms with E-state index in [1.807, 2.05) is 6.08 Å². The lowest BCUT2D eigenvalue weighted by Crippen LogP contribution is -2.30. The molecule has 0 fully saturated rings. The zero-order valence-electron chi connectivity index (χ0n) is 50.4. The summed E-state index contributed by atoms with van der Waals surface area (Å²) in [7, 11) is 0. The number of allylic oxidation sites excluding steroid dienone is 17. The van der Waals surface area contributed by atoms with E-state index >= 15 is 0 Å². The van der Waals surface area contributed by atoms with Gasteiger partial charge in [-0.3, -0.25) is 14.4 Å². The molecule has 0 spiro atoms. The molecular weight excluding hydrogens is 949 g/mol. The van der Waals surface area contributed by atoms with E-state index in [0.29, 0.717) is 19.3 Å². The monoisotopic (exact) mass is 1070 g/mol. The molecule has 0 heterocycles. The Kier molecular flexibility index (Phi) is 61.3. The summed E-state index contributed by atoms with van der Waals surface area (Å²) in [6.45, 7) is 6.34. The van der Waals surface area contributed by atoms with Crippen molar-refractivity contribution in [2.75, 3.05) is 13.2 Å². The molecule has 0 bridgehead atoms. The molecule has 0 saturated heterocycles. The molecule has 6 heteroatoms. The average molecular weight is 1070 g/mol. The maximum absolute atomic E-state index is 12.8.